The highest BCUT2D eigenvalue weighted by Crippen LogP contribution is 2.28. The van der Waals surface area contributed by atoms with Crippen molar-refractivity contribution in [2.45, 2.75) is 12.6 Å². The second-order valence-electron chi connectivity index (χ2n) is 3.47. The number of alkyl halides is 3. The van der Waals surface area contributed by atoms with E-state index in [4.69, 9.17) is 28.9 Å². The average molecular weight is 301 g/mol. The van der Waals surface area contributed by atoms with Crippen LogP contribution in [0.2, 0.25) is 10.0 Å². The van der Waals surface area contributed by atoms with E-state index in [-0.39, 0.29) is 21.3 Å². The first-order valence-corrected chi connectivity index (χ1v) is 5.56. The van der Waals surface area contributed by atoms with Crippen molar-refractivity contribution < 1.29 is 18.0 Å². The number of anilines is 1. The molecule has 1 aromatic carbocycles. The quantitative estimate of drug-likeness (QED) is 0.842. The minimum atomic E-state index is -4.32. The van der Waals surface area contributed by atoms with Gasteiger partial charge in [-0.25, -0.2) is 0 Å². The van der Waals surface area contributed by atoms with Crippen molar-refractivity contribution in [3.05, 3.63) is 27.7 Å². The van der Waals surface area contributed by atoms with Gasteiger partial charge in [-0.3, -0.25) is 4.79 Å². The van der Waals surface area contributed by atoms with Crippen LogP contribution in [0.5, 0.6) is 0 Å². The Morgan fingerprint density at radius 1 is 1.28 bits per heavy atom. The second kappa shape index (κ2) is 5.67. The molecule has 0 saturated carbocycles. The molecule has 3 N–H and O–H groups in total. The van der Waals surface area contributed by atoms with E-state index in [1.54, 1.807) is 0 Å². The Labute approximate surface area is 111 Å². The summed E-state index contributed by atoms with van der Waals surface area (Å²) in [4.78, 5) is 11.5. The molecule has 0 fully saturated rings. The zero-order valence-electron chi connectivity index (χ0n) is 8.94. The minimum Gasteiger partial charge on any atom is -0.396 e. The fourth-order valence-corrected chi connectivity index (χ4v) is 1.62. The first kappa shape index (κ1) is 14.9. The van der Waals surface area contributed by atoms with Gasteiger partial charge in [0.05, 0.1) is 22.2 Å². The van der Waals surface area contributed by atoms with Gasteiger partial charge in [-0.15, -0.1) is 0 Å². The molecule has 8 heteroatoms. The van der Waals surface area contributed by atoms with E-state index >= 15 is 0 Å². The first-order chi connectivity index (χ1) is 8.20. The molecule has 0 atom stereocenters. The molecule has 18 heavy (non-hydrogen) atoms. The summed E-state index contributed by atoms with van der Waals surface area (Å²) in [7, 11) is 0. The van der Waals surface area contributed by atoms with Crippen LogP contribution in [0.4, 0.5) is 18.9 Å². The molecule has 1 rings (SSSR count). The fourth-order valence-electron chi connectivity index (χ4n) is 1.14. The van der Waals surface area contributed by atoms with Crippen LogP contribution in [0, 0.1) is 0 Å². The highest BCUT2D eigenvalue weighted by molar-refractivity contribution is 6.39. The van der Waals surface area contributed by atoms with Crippen molar-refractivity contribution in [3.8, 4) is 0 Å². The predicted molar refractivity (Wildman–Crippen MR) is 63.9 cm³/mol. The van der Waals surface area contributed by atoms with Crippen LogP contribution < -0.4 is 11.1 Å². The highest BCUT2D eigenvalue weighted by Gasteiger charge is 2.26. The van der Waals surface area contributed by atoms with Crippen molar-refractivity contribution in [1.82, 2.24) is 5.32 Å². The molecule has 0 unspecified atom stereocenters. The topological polar surface area (TPSA) is 55.1 Å². The van der Waals surface area contributed by atoms with Gasteiger partial charge in [0.15, 0.2) is 0 Å². The van der Waals surface area contributed by atoms with E-state index in [2.05, 4.69) is 5.32 Å². The van der Waals surface area contributed by atoms with Gasteiger partial charge >= 0.3 is 6.18 Å². The van der Waals surface area contributed by atoms with Crippen LogP contribution in [0.3, 0.4) is 0 Å². The van der Waals surface area contributed by atoms with Crippen LogP contribution in [0.25, 0.3) is 0 Å². The SMILES string of the molecule is Nc1c(Cl)cc(C(=O)NCCC(F)(F)F)cc1Cl. The number of carbonyl (C=O) groups excluding carboxylic acids is 1. The molecule has 3 nitrogen and oxygen atoms in total. The molecule has 0 aromatic heterocycles. The molecule has 0 spiro atoms. The van der Waals surface area contributed by atoms with Crippen LogP contribution >= 0.6 is 23.2 Å². The average Bonchev–Trinajstić information content (AvgIpc) is 2.23. The predicted octanol–water partition coefficient (Wildman–Crippen LogP) is 3.26. The number of nitrogens with one attached hydrogen (secondary N) is 1. The smallest absolute Gasteiger partial charge is 0.390 e. The third-order valence-electron chi connectivity index (χ3n) is 2.04. The maximum atomic E-state index is 11.9. The monoisotopic (exact) mass is 300 g/mol. The minimum absolute atomic E-state index is 0.0568. The molecular weight excluding hydrogens is 292 g/mol. The molecule has 1 amide bonds. The molecular formula is C10H9Cl2F3N2O. The number of nitrogen functional groups attached to an aromatic ring is 1. The highest BCUT2D eigenvalue weighted by atomic mass is 35.5. The van der Waals surface area contributed by atoms with Crippen molar-refractivity contribution in [2.75, 3.05) is 12.3 Å². The molecule has 1 aromatic rings. The number of benzene rings is 1. The lowest BCUT2D eigenvalue weighted by Crippen LogP contribution is -2.27. The summed E-state index contributed by atoms with van der Waals surface area (Å²) in [5.41, 5.74) is 5.64. The van der Waals surface area contributed by atoms with Crippen molar-refractivity contribution in [2.24, 2.45) is 0 Å². The van der Waals surface area contributed by atoms with Crippen molar-refractivity contribution in [1.29, 1.82) is 0 Å². The maximum Gasteiger partial charge on any atom is 0.390 e. The van der Waals surface area contributed by atoms with Crippen molar-refractivity contribution in [3.63, 3.8) is 0 Å². The zero-order chi connectivity index (χ0) is 13.9. The van der Waals surface area contributed by atoms with Crippen LogP contribution in [-0.4, -0.2) is 18.6 Å². The second-order valence-corrected chi connectivity index (χ2v) is 4.29. The summed E-state index contributed by atoms with van der Waals surface area (Å²) in [6.07, 6.45) is -5.42. The van der Waals surface area contributed by atoms with Gasteiger partial charge in [0, 0.05) is 12.1 Å². The number of rotatable bonds is 3. The Kier molecular flexibility index (Phi) is 4.70. The number of hydrogen-bond donors (Lipinski definition) is 2. The molecule has 0 radical (unpaired) electrons. The summed E-state index contributed by atoms with van der Waals surface area (Å²) in [5.74, 6) is -0.692. The Morgan fingerprint density at radius 2 is 1.78 bits per heavy atom. The van der Waals surface area contributed by atoms with E-state index in [0.29, 0.717) is 0 Å². The van der Waals surface area contributed by atoms with E-state index in [9.17, 15) is 18.0 Å². The summed E-state index contributed by atoms with van der Waals surface area (Å²) >= 11 is 11.4. The lowest BCUT2D eigenvalue weighted by Gasteiger charge is -2.09. The Bertz CT molecular complexity index is 440. The number of carbonyl (C=O) groups is 1. The van der Waals surface area contributed by atoms with E-state index in [0.717, 1.165) is 0 Å². The van der Waals surface area contributed by atoms with E-state index in [1.807, 2.05) is 0 Å². The summed E-state index contributed by atoms with van der Waals surface area (Å²) < 4.78 is 35.6. The zero-order valence-corrected chi connectivity index (χ0v) is 10.5. The number of halogens is 5. The molecule has 0 aliphatic heterocycles. The summed E-state index contributed by atoms with van der Waals surface area (Å²) in [5, 5.41) is 2.26. The molecule has 0 aliphatic rings. The van der Waals surface area contributed by atoms with E-state index < -0.39 is 25.0 Å². The Balaban J connectivity index is 2.68. The fraction of sp³-hybridized carbons (Fsp3) is 0.300. The third-order valence-corrected chi connectivity index (χ3v) is 2.66. The number of nitrogens with two attached hydrogens (primary N) is 1. The van der Waals surface area contributed by atoms with Gasteiger partial charge in [0.25, 0.3) is 5.91 Å². The van der Waals surface area contributed by atoms with Gasteiger partial charge < -0.3 is 11.1 Å². The van der Waals surface area contributed by atoms with Gasteiger partial charge in [-0.1, -0.05) is 23.2 Å². The normalized spacial score (nSPS) is 11.4. The number of amides is 1. The summed E-state index contributed by atoms with van der Waals surface area (Å²) in [6, 6.07) is 2.48. The Morgan fingerprint density at radius 3 is 2.22 bits per heavy atom. The van der Waals surface area contributed by atoms with Gasteiger partial charge in [-0.05, 0) is 12.1 Å². The largest absolute Gasteiger partial charge is 0.396 e. The van der Waals surface area contributed by atoms with Crippen LogP contribution in [-0.2, 0) is 0 Å². The molecule has 0 heterocycles. The van der Waals surface area contributed by atoms with Crippen LogP contribution in [0.15, 0.2) is 12.1 Å². The molecule has 100 valence electrons. The third kappa shape index (κ3) is 4.27. The lowest BCUT2D eigenvalue weighted by atomic mass is 10.2. The van der Waals surface area contributed by atoms with Gasteiger partial charge in [-0.2, -0.15) is 13.2 Å². The molecule has 0 aliphatic carbocycles. The molecule has 0 saturated heterocycles. The summed E-state index contributed by atoms with van der Waals surface area (Å²) in [6.45, 7) is -0.512. The van der Waals surface area contributed by atoms with Crippen LogP contribution in [0.1, 0.15) is 16.8 Å². The first-order valence-electron chi connectivity index (χ1n) is 4.80. The van der Waals surface area contributed by atoms with Gasteiger partial charge in [0.2, 0.25) is 0 Å². The van der Waals surface area contributed by atoms with Crippen molar-refractivity contribution >= 4 is 34.8 Å². The lowest BCUT2D eigenvalue weighted by molar-refractivity contribution is -0.132. The standard InChI is InChI=1S/C10H9Cl2F3N2O/c11-6-3-5(4-7(12)8(6)16)9(18)17-2-1-10(13,14)15/h3-4H,1-2,16H2,(H,17,18). The van der Waals surface area contributed by atoms with Gasteiger partial charge in [0.1, 0.15) is 0 Å². The maximum absolute atomic E-state index is 11.9. The number of hydrogen-bond acceptors (Lipinski definition) is 2. The van der Waals surface area contributed by atoms with E-state index in [1.165, 1.54) is 12.1 Å². The Hall–Kier alpha value is -1.14. The molecule has 0 bridgehead atoms.